The number of hydrogen-bond acceptors (Lipinski definition) is 4. The zero-order valence-corrected chi connectivity index (χ0v) is 22.4. The van der Waals surface area contributed by atoms with Gasteiger partial charge in [-0.1, -0.05) is 72.8 Å². The first kappa shape index (κ1) is 29.1. The number of carboxylic acids is 2. The first-order chi connectivity index (χ1) is 18.5. The predicted octanol–water partition coefficient (Wildman–Crippen LogP) is 7.26. The van der Waals surface area contributed by atoms with Gasteiger partial charge in [-0.3, -0.25) is 4.79 Å². The van der Waals surface area contributed by atoms with Crippen molar-refractivity contribution >= 4 is 29.8 Å². The SMILES string of the molecule is O=C(O)CSCCC(/C=C/c1ccccc1OCCCCCc1ccccc1)Cc1ccc(C(=O)O)cc1. The molecule has 5 nitrogen and oxygen atoms in total. The molecule has 0 saturated carbocycles. The van der Waals surface area contributed by atoms with Crippen LogP contribution in [-0.2, 0) is 17.6 Å². The van der Waals surface area contributed by atoms with Gasteiger partial charge >= 0.3 is 11.9 Å². The molecule has 1 unspecified atom stereocenters. The van der Waals surface area contributed by atoms with E-state index in [2.05, 4.69) is 36.4 Å². The molecule has 38 heavy (non-hydrogen) atoms. The van der Waals surface area contributed by atoms with Crippen molar-refractivity contribution in [1.29, 1.82) is 0 Å². The van der Waals surface area contributed by atoms with Crippen LogP contribution in [0.4, 0.5) is 0 Å². The van der Waals surface area contributed by atoms with Crippen LogP contribution in [0.2, 0.25) is 0 Å². The Labute approximate surface area is 229 Å². The Kier molecular flexibility index (Phi) is 12.5. The smallest absolute Gasteiger partial charge is 0.335 e. The standard InChI is InChI=1S/C32H36O5S/c33-31(34)24-38-22-20-27(23-26-15-18-29(19-16-26)32(35)36)14-17-28-12-6-7-13-30(28)37-21-8-2-5-11-25-9-3-1-4-10-25/h1,3-4,6-7,9-10,12-19,27H,2,5,8,11,20-24H2,(H,33,34)(H,35,36)/b17-14+. The minimum atomic E-state index is -0.939. The Morgan fingerprint density at radius 2 is 1.58 bits per heavy atom. The van der Waals surface area contributed by atoms with Crippen LogP contribution in [-0.4, -0.2) is 40.3 Å². The molecule has 200 valence electrons. The van der Waals surface area contributed by atoms with E-state index < -0.39 is 11.9 Å². The van der Waals surface area contributed by atoms with Gasteiger partial charge in [0.05, 0.1) is 17.9 Å². The summed E-state index contributed by atoms with van der Waals surface area (Å²) in [6.45, 7) is 0.671. The number of carbonyl (C=O) groups is 2. The molecule has 0 aliphatic carbocycles. The minimum absolute atomic E-state index is 0.0891. The molecule has 0 aliphatic rings. The third-order valence-electron chi connectivity index (χ3n) is 6.23. The van der Waals surface area contributed by atoms with Crippen molar-refractivity contribution in [2.45, 2.75) is 38.5 Å². The molecule has 0 aliphatic heterocycles. The van der Waals surface area contributed by atoms with Crippen LogP contribution >= 0.6 is 11.8 Å². The van der Waals surface area contributed by atoms with E-state index in [1.807, 2.05) is 42.5 Å². The number of aryl methyl sites for hydroxylation is 1. The highest BCUT2D eigenvalue weighted by Gasteiger charge is 2.10. The maximum absolute atomic E-state index is 11.2. The van der Waals surface area contributed by atoms with E-state index in [9.17, 15) is 9.59 Å². The van der Waals surface area contributed by atoms with Crippen LogP contribution < -0.4 is 4.74 Å². The Morgan fingerprint density at radius 3 is 2.32 bits per heavy atom. The second-order valence-corrected chi connectivity index (χ2v) is 10.3. The van der Waals surface area contributed by atoms with E-state index in [-0.39, 0.29) is 17.2 Å². The fourth-order valence-corrected chi connectivity index (χ4v) is 4.96. The van der Waals surface area contributed by atoms with Crippen LogP contribution in [0.5, 0.6) is 5.75 Å². The maximum Gasteiger partial charge on any atom is 0.335 e. The summed E-state index contributed by atoms with van der Waals surface area (Å²) in [5, 5.41) is 18.1. The summed E-state index contributed by atoms with van der Waals surface area (Å²) < 4.78 is 6.12. The average Bonchev–Trinajstić information content (AvgIpc) is 2.92. The largest absolute Gasteiger partial charge is 0.493 e. The molecule has 1 atom stereocenters. The van der Waals surface area contributed by atoms with Gasteiger partial charge in [0.1, 0.15) is 5.75 Å². The summed E-state index contributed by atoms with van der Waals surface area (Å²) >= 11 is 1.41. The van der Waals surface area contributed by atoms with E-state index in [1.54, 1.807) is 12.1 Å². The van der Waals surface area contributed by atoms with Gasteiger partial charge in [0.2, 0.25) is 0 Å². The van der Waals surface area contributed by atoms with E-state index in [1.165, 1.54) is 17.3 Å². The first-order valence-corrected chi connectivity index (χ1v) is 14.2. The Morgan fingerprint density at radius 1 is 0.842 bits per heavy atom. The van der Waals surface area contributed by atoms with Gasteiger partial charge in [0.15, 0.2) is 0 Å². The van der Waals surface area contributed by atoms with Crippen LogP contribution in [0.25, 0.3) is 6.08 Å². The van der Waals surface area contributed by atoms with Gasteiger partial charge in [-0.2, -0.15) is 11.8 Å². The molecular formula is C32H36O5S. The number of thioether (sulfide) groups is 1. The van der Waals surface area contributed by atoms with Crippen molar-refractivity contribution in [3.63, 3.8) is 0 Å². The lowest BCUT2D eigenvalue weighted by molar-refractivity contribution is -0.133. The number of para-hydroxylation sites is 1. The molecular weight excluding hydrogens is 496 g/mol. The van der Waals surface area contributed by atoms with Gasteiger partial charge in [0, 0.05) is 5.56 Å². The molecule has 0 aromatic heterocycles. The van der Waals surface area contributed by atoms with Gasteiger partial charge < -0.3 is 14.9 Å². The summed E-state index contributed by atoms with van der Waals surface area (Å²) in [5.41, 5.74) is 3.70. The maximum atomic E-state index is 11.2. The molecule has 0 bridgehead atoms. The summed E-state index contributed by atoms with van der Waals surface area (Å²) in [5.74, 6) is 0.111. The molecule has 0 saturated heterocycles. The number of rotatable bonds is 17. The Balaban J connectivity index is 1.56. The second kappa shape index (κ2) is 16.4. The molecule has 6 heteroatoms. The molecule has 3 aromatic rings. The quantitative estimate of drug-likeness (QED) is 0.178. The van der Waals surface area contributed by atoms with Crippen LogP contribution in [0, 0.1) is 5.92 Å². The van der Waals surface area contributed by atoms with Gasteiger partial charge in [-0.05, 0) is 79.5 Å². The zero-order valence-electron chi connectivity index (χ0n) is 21.6. The van der Waals surface area contributed by atoms with Crippen molar-refractivity contribution in [1.82, 2.24) is 0 Å². The third-order valence-corrected chi connectivity index (χ3v) is 7.21. The highest BCUT2D eigenvalue weighted by atomic mass is 32.2. The monoisotopic (exact) mass is 532 g/mol. The number of benzene rings is 3. The molecule has 0 heterocycles. The van der Waals surface area contributed by atoms with Crippen LogP contribution in [0.3, 0.4) is 0 Å². The van der Waals surface area contributed by atoms with E-state index in [0.717, 1.165) is 61.2 Å². The van der Waals surface area contributed by atoms with Crippen molar-refractivity contribution < 1.29 is 24.5 Å². The van der Waals surface area contributed by atoms with Crippen LogP contribution in [0.1, 0.15) is 52.7 Å². The predicted molar refractivity (Wildman–Crippen MR) is 155 cm³/mol. The summed E-state index contributed by atoms with van der Waals surface area (Å²) in [6, 6.07) is 25.5. The Bertz CT molecular complexity index is 1160. The normalized spacial score (nSPS) is 11.9. The number of unbranched alkanes of at least 4 members (excludes halogenated alkanes) is 2. The summed E-state index contributed by atoms with van der Waals surface area (Å²) in [4.78, 5) is 22.1. The van der Waals surface area contributed by atoms with Crippen molar-refractivity contribution in [3.8, 4) is 5.75 Å². The minimum Gasteiger partial charge on any atom is -0.493 e. The van der Waals surface area contributed by atoms with Gasteiger partial charge in [0.25, 0.3) is 0 Å². The molecule has 3 rings (SSSR count). The lowest BCUT2D eigenvalue weighted by Gasteiger charge is -2.14. The van der Waals surface area contributed by atoms with E-state index in [4.69, 9.17) is 14.9 Å². The lowest BCUT2D eigenvalue weighted by Crippen LogP contribution is -2.06. The Hall–Kier alpha value is -3.51. The molecule has 3 aromatic carbocycles. The molecule has 0 radical (unpaired) electrons. The second-order valence-electron chi connectivity index (χ2n) is 9.24. The van der Waals surface area contributed by atoms with E-state index in [0.29, 0.717) is 6.61 Å². The summed E-state index contributed by atoms with van der Waals surface area (Å²) in [6.07, 6.45) is 10.2. The number of ether oxygens (including phenoxy) is 1. The molecule has 2 N–H and O–H groups in total. The first-order valence-electron chi connectivity index (χ1n) is 13.1. The van der Waals surface area contributed by atoms with E-state index >= 15 is 0 Å². The van der Waals surface area contributed by atoms with Crippen LogP contribution in [0.15, 0.2) is 84.9 Å². The fourth-order valence-electron chi connectivity index (χ4n) is 4.17. The van der Waals surface area contributed by atoms with Crippen molar-refractivity contribution in [2.24, 2.45) is 5.92 Å². The fraction of sp³-hybridized carbons (Fsp3) is 0.312. The topological polar surface area (TPSA) is 83.8 Å². The highest BCUT2D eigenvalue weighted by Crippen LogP contribution is 2.24. The number of hydrogen-bond donors (Lipinski definition) is 2. The highest BCUT2D eigenvalue weighted by molar-refractivity contribution is 7.99. The average molecular weight is 533 g/mol. The molecule has 0 spiro atoms. The summed E-state index contributed by atoms with van der Waals surface area (Å²) in [7, 11) is 0. The number of aliphatic carboxylic acids is 1. The number of carboxylic acid groups (broad SMARTS) is 2. The van der Waals surface area contributed by atoms with Gasteiger partial charge in [-0.15, -0.1) is 0 Å². The van der Waals surface area contributed by atoms with Crippen molar-refractivity contribution in [2.75, 3.05) is 18.1 Å². The molecule has 0 amide bonds. The third kappa shape index (κ3) is 10.9. The molecule has 0 fully saturated rings. The number of aromatic carboxylic acids is 1. The zero-order chi connectivity index (χ0) is 27.0. The number of allylic oxidation sites excluding steroid dienone is 1. The van der Waals surface area contributed by atoms with Gasteiger partial charge in [-0.25, -0.2) is 4.79 Å². The lowest BCUT2D eigenvalue weighted by atomic mass is 9.95. The van der Waals surface area contributed by atoms with Crippen molar-refractivity contribution in [3.05, 3.63) is 107 Å².